The number of methoxy groups -OCH3 is 1. The molecule has 0 amide bonds. The molecule has 1 rings (SSSR count). The first-order valence-electron chi connectivity index (χ1n) is 6.19. The van der Waals surface area contributed by atoms with E-state index in [0.29, 0.717) is 19.6 Å². The summed E-state index contributed by atoms with van der Waals surface area (Å²) in [5.74, 6) is 0.272. The van der Waals surface area contributed by atoms with Gasteiger partial charge in [0.15, 0.2) is 0 Å². The number of aliphatic hydroxyl groups is 1. The summed E-state index contributed by atoms with van der Waals surface area (Å²) >= 11 is 0. The minimum atomic E-state index is -0.811. The molecule has 0 aliphatic carbocycles. The number of hydrogen-bond acceptors (Lipinski definition) is 4. The summed E-state index contributed by atoms with van der Waals surface area (Å²) in [4.78, 5) is 0. The summed E-state index contributed by atoms with van der Waals surface area (Å²) in [5, 5.41) is 23.1. The van der Waals surface area contributed by atoms with Crippen LogP contribution in [-0.4, -0.2) is 36.1 Å². The van der Waals surface area contributed by atoms with Crippen LogP contribution >= 0.6 is 0 Å². The highest BCUT2D eigenvalue weighted by Crippen LogP contribution is 2.23. The Morgan fingerprint density at radius 2 is 2.06 bits per heavy atom. The van der Waals surface area contributed by atoms with Crippen LogP contribution in [0.25, 0.3) is 0 Å². The maximum atomic E-state index is 10.1. The van der Waals surface area contributed by atoms with Gasteiger partial charge < -0.3 is 20.3 Å². The Kier molecular flexibility index (Phi) is 5.59. The number of benzene rings is 1. The van der Waals surface area contributed by atoms with Crippen LogP contribution in [-0.2, 0) is 4.74 Å². The second kappa shape index (κ2) is 6.73. The van der Waals surface area contributed by atoms with E-state index in [0.717, 1.165) is 5.56 Å². The molecule has 18 heavy (non-hydrogen) atoms. The molecule has 3 N–H and O–H groups in total. The highest BCUT2D eigenvalue weighted by atomic mass is 16.5. The summed E-state index contributed by atoms with van der Waals surface area (Å²) in [7, 11) is 1.62. The van der Waals surface area contributed by atoms with Crippen LogP contribution in [0.2, 0.25) is 0 Å². The third-order valence-electron chi connectivity index (χ3n) is 3.04. The summed E-state index contributed by atoms with van der Waals surface area (Å²) in [6.07, 6.45) is 0.573. The van der Waals surface area contributed by atoms with Crippen LogP contribution in [0.5, 0.6) is 5.75 Å². The van der Waals surface area contributed by atoms with Crippen molar-refractivity contribution in [1.82, 2.24) is 5.32 Å². The summed E-state index contributed by atoms with van der Waals surface area (Å²) in [5.41, 5.74) is 0.0225. The van der Waals surface area contributed by atoms with Crippen LogP contribution in [0.4, 0.5) is 0 Å². The molecule has 0 saturated heterocycles. The van der Waals surface area contributed by atoms with E-state index < -0.39 is 5.60 Å². The second-order valence-corrected chi connectivity index (χ2v) is 4.90. The molecule has 0 heterocycles. The van der Waals surface area contributed by atoms with Gasteiger partial charge in [-0.15, -0.1) is 0 Å². The molecule has 102 valence electrons. The molecule has 0 aliphatic rings. The third kappa shape index (κ3) is 4.64. The van der Waals surface area contributed by atoms with Crippen molar-refractivity contribution in [3.63, 3.8) is 0 Å². The fraction of sp³-hybridized carbons (Fsp3) is 0.571. The normalized spacial score (nSPS) is 16.2. The first-order chi connectivity index (χ1) is 8.46. The standard InChI is InChI=1S/C14H23NO3/c1-11(12-6-4-5-7-13(12)16)15-10-14(2,17)8-9-18-3/h4-7,11,15-17H,8-10H2,1-3H3. The molecule has 2 atom stereocenters. The van der Waals surface area contributed by atoms with Crippen LogP contribution in [0, 0.1) is 0 Å². The van der Waals surface area contributed by atoms with Crippen molar-refractivity contribution in [3.05, 3.63) is 29.8 Å². The molecule has 0 saturated carbocycles. The molecular weight excluding hydrogens is 230 g/mol. The first-order valence-corrected chi connectivity index (χ1v) is 6.19. The zero-order chi connectivity index (χ0) is 13.6. The van der Waals surface area contributed by atoms with Crippen molar-refractivity contribution < 1.29 is 14.9 Å². The predicted molar refractivity (Wildman–Crippen MR) is 71.6 cm³/mol. The van der Waals surface area contributed by atoms with Gasteiger partial charge in [-0.3, -0.25) is 0 Å². The molecule has 2 unspecified atom stereocenters. The number of phenols is 1. The number of aromatic hydroxyl groups is 1. The molecule has 0 spiro atoms. The van der Waals surface area contributed by atoms with E-state index in [4.69, 9.17) is 4.74 Å². The fourth-order valence-corrected chi connectivity index (χ4v) is 1.75. The topological polar surface area (TPSA) is 61.7 Å². The van der Waals surface area contributed by atoms with Crippen LogP contribution in [0.3, 0.4) is 0 Å². The van der Waals surface area contributed by atoms with Crippen molar-refractivity contribution in [2.75, 3.05) is 20.3 Å². The van der Waals surface area contributed by atoms with E-state index in [1.165, 1.54) is 0 Å². The first kappa shape index (κ1) is 15.0. The van der Waals surface area contributed by atoms with Gasteiger partial charge in [0.05, 0.1) is 5.60 Å². The van der Waals surface area contributed by atoms with Crippen molar-refractivity contribution in [3.8, 4) is 5.75 Å². The van der Waals surface area contributed by atoms with Crippen molar-refractivity contribution in [2.24, 2.45) is 0 Å². The van der Waals surface area contributed by atoms with Crippen molar-refractivity contribution in [2.45, 2.75) is 31.9 Å². The lowest BCUT2D eigenvalue weighted by Gasteiger charge is -2.26. The van der Waals surface area contributed by atoms with Gasteiger partial charge >= 0.3 is 0 Å². The Balaban J connectivity index is 2.51. The number of nitrogens with one attached hydrogen (secondary N) is 1. The Morgan fingerprint density at radius 1 is 1.39 bits per heavy atom. The smallest absolute Gasteiger partial charge is 0.120 e. The minimum absolute atomic E-state index is 0.0137. The minimum Gasteiger partial charge on any atom is -0.508 e. The van der Waals surface area contributed by atoms with Gasteiger partial charge in [-0.25, -0.2) is 0 Å². The quantitative estimate of drug-likeness (QED) is 0.694. The molecule has 1 aromatic rings. The highest BCUT2D eigenvalue weighted by molar-refractivity contribution is 5.34. The van der Waals surface area contributed by atoms with Crippen molar-refractivity contribution in [1.29, 1.82) is 0 Å². The zero-order valence-corrected chi connectivity index (χ0v) is 11.3. The number of hydrogen-bond donors (Lipinski definition) is 3. The van der Waals surface area contributed by atoms with Crippen LogP contribution < -0.4 is 5.32 Å². The van der Waals surface area contributed by atoms with E-state index in [2.05, 4.69) is 5.32 Å². The number of phenolic OH excluding ortho intramolecular Hbond substituents is 1. The maximum absolute atomic E-state index is 10.1. The lowest BCUT2D eigenvalue weighted by atomic mass is 10.0. The summed E-state index contributed by atoms with van der Waals surface area (Å²) < 4.78 is 4.96. The van der Waals surface area contributed by atoms with Gasteiger partial charge in [0.2, 0.25) is 0 Å². The van der Waals surface area contributed by atoms with Gasteiger partial charge in [-0.05, 0) is 19.9 Å². The van der Waals surface area contributed by atoms with E-state index in [9.17, 15) is 10.2 Å². The predicted octanol–water partition coefficient (Wildman–Crippen LogP) is 1.83. The maximum Gasteiger partial charge on any atom is 0.120 e. The lowest BCUT2D eigenvalue weighted by molar-refractivity contribution is 0.0230. The van der Waals surface area contributed by atoms with E-state index in [1.54, 1.807) is 26.2 Å². The highest BCUT2D eigenvalue weighted by Gasteiger charge is 2.21. The molecule has 0 radical (unpaired) electrons. The zero-order valence-electron chi connectivity index (χ0n) is 11.3. The van der Waals surface area contributed by atoms with Crippen molar-refractivity contribution >= 4 is 0 Å². The molecule has 0 aromatic heterocycles. The third-order valence-corrected chi connectivity index (χ3v) is 3.04. The number of para-hydroxylation sites is 1. The Morgan fingerprint density at radius 3 is 2.67 bits per heavy atom. The Hall–Kier alpha value is -1.10. The van der Waals surface area contributed by atoms with E-state index >= 15 is 0 Å². The van der Waals surface area contributed by atoms with Gasteiger partial charge in [0.25, 0.3) is 0 Å². The Bertz CT molecular complexity index is 366. The molecule has 0 fully saturated rings. The largest absolute Gasteiger partial charge is 0.508 e. The fourth-order valence-electron chi connectivity index (χ4n) is 1.75. The average molecular weight is 253 g/mol. The van der Waals surface area contributed by atoms with Gasteiger partial charge in [-0.1, -0.05) is 18.2 Å². The second-order valence-electron chi connectivity index (χ2n) is 4.90. The number of rotatable bonds is 7. The lowest BCUT2D eigenvalue weighted by Crippen LogP contribution is -2.39. The molecule has 1 aromatic carbocycles. The van der Waals surface area contributed by atoms with Gasteiger partial charge in [0, 0.05) is 38.3 Å². The van der Waals surface area contributed by atoms with E-state index in [1.807, 2.05) is 19.1 Å². The summed E-state index contributed by atoms with van der Waals surface area (Å²) in [6, 6.07) is 7.20. The van der Waals surface area contributed by atoms with Crippen LogP contribution in [0.15, 0.2) is 24.3 Å². The summed E-state index contributed by atoms with van der Waals surface area (Å²) in [6.45, 7) is 4.71. The van der Waals surface area contributed by atoms with E-state index in [-0.39, 0.29) is 11.8 Å². The molecule has 4 nitrogen and oxygen atoms in total. The van der Waals surface area contributed by atoms with Crippen LogP contribution in [0.1, 0.15) is 31.9 Å². The average Bonchev–Trinajstić information content (AvgIpc) is 2.34. The number of ether oxygens (including phenoxy) is 1. The Labute approximate surface area is 109 Å². The molecular formula is C14H23NO3. The molecule has 0 bridgehead atoms. The molecule has 0 aliphatic heterocycles. The SMILES string of the molecule is COCCC(C)(O)CNC(C)c1ccccc1O. The monoisotopic (exact) mass is 253 g/mol. The molecule has 4 heteroatoms. The van der Waals surface area contributed by atoms with Gasteiger partial charge in [-0.2, -0.15) is 0 Å². The van der Waals surface area contributed by atoms with Gasteiger partial charge in [0.1, 0.15) is 5.75 Å².